The number of carboxylic acid groups (broad SMARTS) is 1. The van der Waals surface area contributed by atoms with Crippen molar-refractivity contribution in [3.63, 3.8) is 0 Å². The van der Waals surface area contributed by atoms with Gasteiger partial charge in [-0.25, -0.2) is 4.79 Å². The highest BCUT2D eigenvalue weighted by Gasteiger charge is 2.34. The van der Waals surface area contributed by atoms with Gasteiger partial charge in [-0.3, -0.25) is 4.79 Å². The van der Waals surface area contributed by atoms with E-state index in [1.807, 2.05) is 62.4 Å². The minimum Gasteiger partial charge on any atom is -0.475 e. The fourth-order valence-electron chi connectivity index (χ4n) is 5.78. The van der Waals surface area contributed by atoms with Crippen LogP contribution in [0.4, 0.5) is 0 Å². The molecule has 0 radical (unpaired) electrons. The molecule has 2 aliphatic rings. The van der Waals surface area contributed by atoms with Crippen molar-refractivity contribution in [1.82, 2.24) is 5.32 Å². The smallest absolute Gasteiger partial charge is 0.371 e. The number of carboxylic acids is 1. The number of hydrogen-bond donors (Lipinski definition) is 5. The molecular weight excluding hydrogens is 620 g/mol. The second-order valence-corrected chi connectivity index (χ2v) is 12.7. The third-order valence-electron chi connectivity index (χ3n) is 8.22. The molecule has 49 heavy (non-hydrogen) atoms. The van der Waals surface area contributed by atoms with Crippen LogP contribution in [0.25, 0.3) is 0 Å². The number of nitrogens with one attached hydrogen (secondary N) is 1. The van der Waals surface area contributed by atoms with Crippen molar-refractivity contribution in [3.8, 4) is 23.7 Å². The van der Waals surface area contributed by atoms with Crippen molar-refractivity contribution in [2.45, 2.75) is 88.5 Å². The molecule has 0 bridgehead atoms. The highest BCUT2D eigenvalue weighted by atomic mass is 16.4. The SMILES string of the molecule is Cc1cccc(C#C[C@@]2(O)CCC[C@@H](N)C2)c1.Cc1cccc(C#C[C@]2(O)CCC[C@H](NC(=O)c3ccco3)C2)c1.O=C(O)c1ccco1. The van der Waals surface area contributed by atoms with Crippen molar-refractivity contribution in [2.24, 2.45) is 5.73 Å². The highest BCUT2D eigenvalue weighted by Crippen LogP contribution is 2.29. The Kier molecular flexibility index (Phi) is 13.0. The van der Waals surface area contributed by atoms with Gasteiger partial charge in [0.2, 0.25) is 5.76 Å². The molecule has 6 rings (SSSR count). The number of aromatic carboxylic acids is 1. The maximum atomic E-state index is 12.1. The second-order valence-electron chi connectivity index (χ2n) is 12.7. The summed E-state index contributed by atoms with van der Waals surface area (Å²) in [5, 5.41) is 32.2. The van der Waals surface area contributed by atoms with E-state index in [0.29, 0.717) is 19.3 Å². The first-order valence-corrected chi connectivity index (χ1v) is 16.4. The van der Waals surface area contributed by atoms with Crippen molar-refractivity contribution >= 4 is 11.9 Å². The Labute approximate surface area is 287 Å². The summed E-state index contributed by atoms with van der Waals surface area (Å²) in [5.41, 5.74) is 8.10. The number of hydrogen-bond acceptors (Lipinski definition) is 7. The molecule has 2 saturated carbocycles. The molecule has 9 heteroatoms. The predicted molar refractivity (Wildman–Crippen MR) is 187 cm³/mol. The first-order valence-electron chi connectivity index (χ1n) is 16.4. The van der Waals surface area contributed by atoms with E-state index in [9.17, 15) is 19.8 Å². The van der Waals surface area contributed by atoms with Crippen LogP contribution < -0.4 is 11.1 Å². The molecule has 0 aliphatic heterocycles. The Bertz CT molecular complexity index is 1790. The highest BCUT2D eigenvalue weighted by molar-refractivity contribution is 5.91. The van der Waals surface area contributed by atoms with Gasteiger partial charge in [0, 0.05) is 36.1 Å². The van der Waals surface area contributed by atoms with E-state index in [0.717, 1.165) is 48.8 Å². The van der Waals surface area contributed by atoms with E-state index in [1.165, 1.54) is 30.2 Å². The van der Waals surface area contributed by atoms with Crippen LogP contribution in [0.1, 0.15) is 94.7 Å². The number of benzene rings is 2. The monoisotopic (exact) mass is 664 g/mol. The Morgan fingerprint density at radius 1 is 0.776 bits per heavy atom. The second kappa shape index (κ2) is 17.4. The summed E-state index contributed by atoms with van der Waals surface area (Å²) in [4.78, 5) is 22.0. The van der Waals surface area contributed by atoms with Crippen molar-refractivity contribution in [1.29, 1.82) is 0 Å². The summed E-state index contributed by atoms with van der Waals surface area (Å²) in [6, 6.07) is 22.1. The van der Waals surface area contributed by atoms with Crippen molar-refractivity contribution in [2.75, 3.05) is 0 Å². The van der Waals surface area contributed by atoms with Gasteiger partial charge in [0.1, 0.15) is 11.2 Å². The van der Waals surface area contributed by atoms with E-state index < -0.39 is 17.2 Å². The summed E-state index contributed by atoms with van der Waals surface area (Å²) in [5.74, 6) is 11.1. The van der Waals surface area contributed by atoms with E-state index >= 15 is 0 Å². The number of aliphatic hydroxyl groups is 2. The molecule has 2 aromatic carbocycles. The number of carbonyl (C=O) groups is 2. The number of rotatable bonds is 3. The number of carbonyl (C=O) groups excluding carboxylic acids is 1. The topological polar surface area (TPSA) is 159 Å². The van der Waals surface area contributed by atoms with Crippen LogP contribution in [-0.2, 0) is 0 Å². The molecule has 4 atom stereocenters. The molecule has 256 valence electrons. The predicted octanol–water partition coefficient (Wildman–Crippen LogP) is 6.00. The summed E-state index contributed by atoms with van der Waals surface area (Å²) in [7, 11) is 0. The molecule has 2 aliphatic carbocycles. The molecule has 1 amide bonds. The first-order chi connectivity index (χ1) is 23.4. The van der Waals surface area contributed by atoms with Crippen LogP contribution >= 0.6 is 0 Å². The van der Waals surface area contributed by atoms with Crippen molar-refractivity contribution in [3.05, 3.63) is 119 Å². The lowest BCUT2D eigenvalue weighted by Gasteiger charge is -2.33. The van der Waals surface area contributed by atoms with Gasteiger partial charge in [0.15, 0.2) is 5.76 Å². The molecule has 2 heterocycles. The zero-order valence-electron chi connectivity index (χ0n) is 27.9. The number of nitrogens with two attached hydrogens (primary N) is 1. The van der Waals surface area contributed by atoms with E-state index in [1.54, 1.807) is 12.1 Å². The third kappa shape index (κ3) is 12.2. The lowest BCUT2D eigenvalue weighted by molar-refractivity contribution is 0.0447. The quantitative estimate of drug-likeness (QED) is 0.167. The number of amides is 1. The van der Waals surface area contributed by atoms with E-state index in [4.69, 9.17) is 15.3 Å². The fraction of sp³-hybridized carbons (Fsp3) is 0.350. The maximum absolute atomic E-state index is 12.1. The minimum absolute atomic E-state index is 0.0231. The standard InChI is InChI=1S/C20H21NO3.C15H19NO.C5H4O3/c1-15-5-2-6-16(13-15)9-11-20(23)10-3-7-17(14-20)21-19(22)18-8-4-12-24-18;1-12-4-2-5-13(10-12)7-9-15(17)8-3-6-14(16)11-15;6-5(7)4-2-1-3-8-4/h2,4-6,8,12-13,17,23H,3,7,10,14H2,1H3,(H,21,22);2,4-5,10,14,17H,3,6,8,11,16H2,1H3;1-3H,(H,6,7)/t17-,20+;14-,15+;/m01./s1. The average molecular weight is 665 g/mol. The molecule has 9 nitrogen and oxygen atoms in total. The van der Waals surface area contributed by atoms with Gasteiger partial charge < -0.3 is 35.2 Å². The third-order valence-corrected chi connectivity index (χ3v) is 8.22. The fourth-order valence-corrected chi connectivity index (χ4v) is 5.78. The number of aryl methyl sites for hydroxylation is 2. The van der Waals surface area contributed by atoms with E-state index in [2.05, 4.69) is 33.4 Å². The first kappa shape index (κ1) is 36.8. The Hall–Kier alpha value is -5.06. The van der Waals surface area contributed by atoms with E-state index in [-0.39, 0.29) is 29.5 Å². The van der Waals surface area contributed by atoms with Gasteiger partial charge in [0.05, 0.1) is 12.5 Å². The van der Waals surface area contributed by atoms with Crippen LogP contribution in [0, 0.1) is 37.5 Å². The van der Waals surface area contributed by atoms with Crippen LogP contribution in [0.5, 0.6) is 0 Å². The summed E-state index contributed by atoms with van der Waals surface area (Å²) in [6.45, 7) is 4.05. The molecule has 0 saturated heterocycles. The summed E-state index contributed by atoms with van der Waals surface area (Å²) < 4.78 is 9.60. The Morgan fingerprint density at radius 2 is 1.31 bits per heavy atom. The minimum atomic E-state index is -1.07. The number of furan rings is 2. The molecule has 0 spiro atoms. The molecular formula is C40H44N2O7. The van der Waals surface area contributed by atoms with Crippen LogP contribution in [0.3, 0.4) is 0 Å². The molecule has 2 aromatic heterocycles. The van der Waals surface area contributed by atoms with Crippen molar-refractivity contribution < 1.29 is 33.7 Å². The van der Waals surface area contributed by atoms with Gasteiger partial charge in [0.25, 0.3) is 5.91 Å². The zero-order valence-corrected chi connectivity index (χ0v) is 27.9. The summed E-state index contributed by atoms with van der Waals surface area (Å²) >= 11 is 0. The summed E-state index contributed by atoms with van der Waals surface area (Å²) in [6.07, 6.45) is 8.78. The lowest BCUT2D eigenvalue weighted by Crippen LogP contribution is -2.45. The normalized spacial score (nSPS) is 22.6. The Morgan fingerprint density at radius 3 is 1.78 bits per heavy atom. The molecule has 0 unspecified atom stereocenters. The maximum Gasteiger partial charge on any atom is 0.371 e. The van der Waals surface area contributed by atoms with Crippen LogP contribution in [0.2, 0.25) is 0 Å². The van der Waals surface area contributed by atoms with Gasteiger partial charge in [-0.2, -0.15) is 0 Å². The van der Waals surface area contributed by atoms with Gasteiger partial charge in [-0.15, -0.1) is 0 Å². The van der Waals surface area contributed by atoms with Crippen LogP contribution in [-0.4, -0.2) is 50.5 Å². The van der Waals surface area contributed by atoms with Gasteiger partial charge in [-0.1, -0.05) is 47.9 Å². The lowest BCUT2D eigenvalue weighted by atomic mass is 9.82. The van der Waals surface area contributed by atoms with Crippen LogP contribution in [0.15, 0.2) is 94.2 Å². The average Bonchev–Trinajstić information content (AvgIpc) is 3.80. The molecule has 6 N–H and O–H groups in total. The molecule has 4 aromatic rings. The Balaban J connectivity index is 0.000000187. The molecule has 2 fully saturated rings. The largest absolute Gasteiger partial charge is 0.475 e. The van der Waals surface area contributed by atoms with Gasteiger partial charge in [-0.05, 0) is 112 Å². The zero-order chi connectivity index (χ0) is 35.3. The van der Waals surface area contributed by atoms with Gasteiger partial charge >= 0.3 is 5.97 Å².